The summed E-state index contributed by atoms with van der Waals surface area (Å²) in [7, 11) is 0. The van der Waals surface area contributed by atoms with Gasteiger partial charge in [0.25, 0.3) is 0 Å². The quantitative estimate of drug-likeness (QED) is 0.893. The van der Waals surface area contributed by atoms with Crippen molar-refractivity contribution in [1.29, 1.82) is 0 Å². The SMILES string of the molecule is Cc1csc(N2CCN(C(=O)C3CCNCC3)CC2)n1.Cl. The predicted molar refractivity (Wildman–Crippen MR) is 88.5 cm³/mol. The molecule has 0 unspecified atom stereocenters. The highest BCUT2D eigenvalue weighted by Gasteiger charge is 2.28. The van der Waals surface area contributed by atoms with Crippen molar-refractivity contribution in [2.24, 2.45) is 5.92 Å². The highest BCUT2D eigenvalue weighted by Crippen LogP contribution is 2.22. The average Bonchev–Trinajstić information content (AvgIpc) is 2.94. The molecule has 1 aromatic heterocycles. The number of aromatic nitrogens is 1. The molecule has 3 heterocycles. The fraction of sp³-hybridized carbons (Fsp3) is 0.714. The Kier molecular flexibility index (Phi) is 5.84. The number of piperazine rings is 1. The summed E-state index contributed by atoms with van der Waals surface area (Å²) in [6.45, 7) is 7.47. The van der Waals surface area contributed by atoms with Crippen molar-refractivity contribution in [3.8, 4) is 0 Å². The van der Waals surface area contributed by atoms with Crippen molar-refractivity contribution in [3.05, 3.63) is 11.1 Å². The van der Waals surface area contributed by atoms with Crippen LogP contribution < -0.4 is 10.2 Å². The first-order valence-electron chi connectivity index (χ1n) is 7.40. The van der Waals surface area contributed by atoms with Gasteiger partial charge in [-0.05, 0) is 32.9 Å². The van der Waals surface area contributed by atoms with E-state index in [0.29, 0.717) is 5.91 Å². The monoisotopic (exact) mass is 330 g/mol. The molecule has 1 amide bonds. The lowest BCUT2D eigenvalue weighted by Gasteiger charge is -2.37. The molecule has 2 aliphatic heterocycles. The van der Waals surface area contributed by atoms with Crippen LogP contribution in [-0.4, -0.2) is 55.1 Å². The molecule has 0 atom stereocenters. The zero-order valence-electron chi connectivity index (χ0n) is 12.4. The smallest absolute Gasteiger partial charge is 0.225 e. The molecule has 3 rings (SSSR count). The molecule has 2 aliphatic rings. The third-order valence-electron chi connectivity index (χ3n) is 4.16. The van der Waals surface area contributed by atoms with Crippen LogP contribution in [0.25, 0.3) is 0 Å². The molecule has 0 spiro atoms. The highest BCUT2D eigenvalue weighted by molar-refractivity contribution is 7.13. The topological polar surface area (TPSA) is 48.5 Å². The van der Waals surface area contributed by atoms with Crippen molar-refractivity contribution in [1.82, 2.24) is 15.2 Å². The maximum Gasteiger partial charge on any atom is 0.225 e. The van der Waals surface area contributed by atoms with Crippen LogP contribution in [0.1, 0.15) is 18.5 Å². The van der Waals surface area contributed by atoms with E-state index in [-0.39, 0.29) is 18.3 Å². The highest BCUT2D eigenvalue weighted by atomic mass is 35.5. The van der Waals surface area contributed by atoms with Gasteiger partial charge in [-0.25, -0.2) is 4.98 Å². The number of halogens is 1. The first-order valence-corrected chi connectivity index (χ1v) is 8.28. The maximum atomic E-state index is 12.5. The summed E-state index contributed by atoms with van der Waals surface area (Å²) < 4.78 is 0. The van der Waals surface area contributed by atoms with Gasteiger partial charge in [0.1, 0.15) is 0 Å². The van der Waals surface area contributed by atoms with E-state index in [4.69, 9.17) is 0 Å². The molecule has 0 saturated carbocycles. The van der Waals surface area contributed by atoms with E-state index in [1.54, 1.807) is 11.3 Å². The Morgan fingerprint density at radius 3 is 2.52 bits per heavy atom. The number of carbonyl (C=O) groups is 1. The summed E-state index contributed by atoms with van der Waals surface area (Å²) in [6.07, 6.45) is 1.98. The molecule has 5 nitrogen and oxygen atoms in total. The van der Waals surface area contributed by atoms with Gasteiger partial charge >= 0.3 is 0 Å². The number of thiazole rings is 1. The third kappa shape index (κ3) is 3.87. The minimum Gasteiger partial charge on any atom is -0.345 e. The molecule has 7 heteroatoms. The van der Waals surface area contributed by atoms with E-state index < -0.39 is 0 Å². The van der Waals surface area contributed by atoms with Gasteiger partial charge in [-0.15, -0.1) is 23.7 Å². The van der Waals surface area contributed by atoms with Crippen molar-refractivity contribution in [2.45, 2.75) is 19.8 Å². The Morgan fingerprint density at radius 2 is 1.95 bits per heavy atom. The number of anilines is 1. The molecule has 2 fully saturated rings. The van der Waals surface area contributed by atoms with Crippen molar-refractivity contribution in [2.75, 3.05) is 44.2 Å². The molecule has 118 valence electrons. The molecule has 0 aliphatic carbocycles. The van der Waals surface area contributed by atoms with Crippen LogP contribution in [0.5, 0.6) is 0 Å². The van der Waals surface area contributed by atoms with Gasteiger partial charge in [0.05, 0.1) is 5.69 Å². The fourth-order valence-electron chi connectivity index (χ4n) is 2.93. The summed E-state index contributed by atoms with van der Waals surface area (Å²) in [5.41, 5.74) is 1.08. The summed E-state index contributed by atoms with van der Waals surface area (Å²) in [5, 5.41) is 6.50. The molecule has 0 bridgehead atoms. The fourth-order valence-corrected chi connectivity index (χ4v) is 3.79. The number of amides is 1. The average molecular weight is 331 g/mol. The number of rotatable bonds is 2. The number of hydrogen-bond acceptors (Lipinski definition) is 5. The predicted octanol–water partition coefficient (Wildman–Crippen LogP) is 1.52. The summed E-state index contributed by atoms with van der Waals surface area (Å²) >= 11 is 1.70. The Hall–Kier alpha value is -0.850. The molecular formula is C14H23ClN4OS. The van der Waals surface area contributed by atoms with Gasteiger partial charge in [0.2, 0.25) is 5.91 Å². The minimum atomic E-state index is 0. The van der Waals surface area contributed by atoms with Crippen LogP contribution in [0.3, 0.4) is 0 Å². The number of aryl methyl sites for hydroxylation is 1. The van der Waals surface area contributed by atoms with Crippen molar-refractivity contribution >= 4 is 34.8 Å². The summed E-state index contributed by atoms with van der Waals surface area (Å²) in [5.74, 6) is 0.603. The van der Waals surface area contributed by atoms with Crippen LogP contribution in [0.15, 0.2) is 5.38 Å². The van der Waals surface area contributed by atoms with E-state index in [2.05, 4.69) is 20.6 Å². The van der Waals surface area contributed by atoms with E-state index in [1.165, 1.54) is 0 Å². The second-order valence-corrected chi connectivity index (χ2v) is 6.44. The summed E-state index contributed by atoms with van der Waals surface area (Å²) in [4.78, 5) is 21.3. The van der Waals surface area contributed by atoms with Crippen molar-refractivity contribution in [3.63, 3.8) is 0 Å². The van der Waals surface area contributed by atoms with Gasteiger partial charge in [-0.2, -0.15) is 0 Å². The molecular weight excluding hydrogens is 308 g/mol. The molecule has 21 heavy (non-hydrogen) atoms. The van der Waals surface area contributed by atoms with Crippen molar-refractivity contribution < 1.29 is 4.79 Å². The standard InChI is InChI=1S/C14H22N4OS.ClH/c1-11-10-20-14(16-11)18-8-6-17(7-9-18)13(19)12-2-4-15-5-3-12;/h10,12,15H,2-9H2,1H3;1H. The second kappa shape index (κ2) is 7.42. The van der Waals surface area contributed by atoms with Crippen LogP contribution in [0.4, 0.5) is 5.13 Å². The second-order valence-electron chi connectivity index (χ2n) is 5.61. The maximum absolute atomic E-state index is 12.5. The van der Waals surface area contributed by atoms with Gasteiger partial charge in [-0.1, -0.05) is 0 Å². The van der Waals surface area contributed by atoms with Crippen LogP contribution in [-0.2, 0) is 4.79 Å². The number of hydrogen-bond donors (Lipinski definition) is 1. The number of piperidine rings is 1. The number of nitrogens with one attached hydrogen (secondary N) is 1. The van der Waals surface area contributed by atoms with Crippen LogP contribution >= 0.6 is 23.7 Å². The zero-order chi connectivity index (χ0) is 13.9. The Morgan fingerprint density at radius 1 is 1.29 bits per heavy atom. The third-order valence-corrected chi connectivity index (χ3v) is 5.18. The largest absolute Gasteiger partial charge is 0.345 e. The van der Waals surface area contributed by atoms with E-state index in [9.17, 15) is 4.79 Å². The van der Waals surface area contributed by atoms with Gasteiger partial charge in [-0.3, -0.25) is 4.79 Å². The van der Waals surface area contributed by atoms with E-state index in [0.717, 1.165) is 62.9 Å². The van der Waals surface area contributed by atoms with Crippen LogP contribution in [0, 0.1) is 12.8 Å². The zero-order valence-corrected chi connectivity index (χ0v) is 14.0. The molecule has 2 saturated heterocycles. The molecule has 1 aromatic rings. The van der Waals surface area contributed by atoms with E-state index >= 15 is 0 Å². The first-order chi connectivity index (χ1) is 9.74. The Balaban J connectivity index is 0.00000161. The van der Waals surface area contributed by atoms with Crippen LogP contribution in [0.2, 0.25) is 0 Å². The number of carbonyl (C=O) groups excluding carboxylic acids is 1. The molecule has 0 aromatic carbocycles. The van der Waals surface area contributed by atoms with Gasteiger partial charge in [0.15, 0.2) is 5.13 Å². The first kappa shape index (κ1) is 16.5. The Bertz CT molecular complexity index is 467. The minimum absolute atomic E-state index is 0. The van der Waals surface area contributed by atoms with E-state index in [1.807, 2.05) is 11.8 Å². The molecule has 0 radical (unpaired) electrons. The molecule has 1 N–H and O–H groups in total. The normalized spacial score (nSPS) is 20.2. The van der Waals surface area contributed by atoms with Gasteiger partial charge < -0.3 is 15.1 Å². The lowest BCUT2D eigenvalue weighted by atomic mass is 9.96. The van der Waals surface area contributed by atoms with Gasteiger partial charge in [0, 0.05) is 37.5 Å². The lowest BCUT2D eigenvalue weighted by molar-refractivity contribution is -0.136. The number of nitrogens with zero attached hydrogens (tertiary/aromatic N) is 3. The lowest BCUT2D eigenvalue weighted by Crippen LogP contribution is -2.51. The summed E-state index contributed by atoms with van der Waals surface area (Å²) in [6, 6.07) is 0. The Labute approximate surface area is 136 Å².